The highest BCUT2D eigenvalue weighted by Gasteiger charge is 2.19. The number of hydrogen-bond acceptors (Lipinski definition) is 6. The van der Waals surface area contributed by atoms with Crippen LogP contribution in [0.1, 0.15) is 316 Å². The summed E-state index contributed by atoms with van der Waals surface area (Å²) in [5.41, 5.74) is 0. The van der Waals surface area contributed by atoms with Crippen LogP contribution in [0.3, 0.4) is 0 Å². The third kappa shape index (κ3) is 63.0. The van der Waals surface area contributed by atoms with Crippen LogP contribution in [-0.4, -0.2) is 37.2 Å². The monoisotopic (exact) mass is 1070 g/mol. The van der Waals surface area contributed by atoms with E-state index in [9.17, 15) is 14.4 Å². The minimum absolute atomic E-state index is 0.110. The van der Waals surface area contributed by atoms with E-state index in [4.69, 9.17) is 14.2 Å². The molecule has 0 rings (SSSR count). The molecule has 1 atom stereocenters. The number of unbranched alkanes of at least 4 members (excludes halogenated alkanes) is 32. The Morgan fingerprint density at radius 3 is 0.896 bits per heavy atom. The quantitative estimate of drug-likeness (QED) is 0.0261. The zero-order chi connectivity index (χ0) is 55.7. The van der Waals surface area contributed by atoms with Crippen molar-refractivity contribution in [3.05, 3.63) is 97.2 Å². The molecule has 0 aliphatic rings. The Bertz CT molecular complexity index is 1510. The van der Waals surface area contributed by atoms with Crippen molar-refractivity contribution in [1.29, 1.82) is 0 Å². The van der Waals surface area contributed by atoms with E-state index in [-0.39, 0.29) is 31.6 Å². The molecule has 0 aromatic carbocycles. The predicted molar refractivity (Wildman–Crippen MR) is 334 cm³/mol. The van der Waals surface area contributed by atoms with Gasteiger partial charge >= 0.3 is 17.9 Å². The summed E-state index contributed by atoms with van der Waals surface area (Å²) in [6.45, 7) is 6.42. The Morgan fingerprint density at radius 1 is 0.273 bits per heavy atom. The zero-order valence-corrected chi connectivity index (χ0v) is 50.7. The van der Waals surface area contributed by atoms with Gasteiger partial charge in [-0.3, -0.25) is 14.4 Å². The summed E-state index contributed by atoms with van der Waals surface area (Å²) in [4.78, 5) is 38.2. The Morgan fingerprint density at radius 2 is 0.558 bits per heavy atom. The largest absolute Gasteiger partial charge is 0.462 e. The van der Waals surface area contributed by atoms with Crippen molar-refractivity contribution in [1.82, 2.24) is 0 Å². The van der Waals surface area contributed by atoms with Crippen LogP contribution >= 0.6 is 0 Å². The highest BCUT2D eigenvalue weighted by molar-refractivity contribution is 5.71. The number of ether oxygens (including phenoxy) is 3. The van der Waals surface area contributed by atoms with Crippen molar-refractivity contribution in [3.8, 4) is 0 Å². The van der Waals surface area contributed by atoms with Crippen LogP contribution in [0.4, 0.5) is 0 Å². The number of carbonyl (C=O) groups is 3. The smallest absolute Gasteiger partial charge is 0.306 e. The maximum absolute atomic E-state index is 12.9. The van der Waals surface area contributed by atoms with E-state index in [0.717, 1.165) is 109 Å². The minimum Gasteiger partial charge on any atom is -0.462 e. The van der Waals surface area contributed by atoms with Crippen molar-refractivity contribution in [2.75, 3.05) is 13.2 Å². The lowest BCUT2D eigenvalue weighted by atomic mass is 10.0. The lowest BCUT2D eigenvalue weighted by Gasteiger charge is -2.18. The van der Waals surface area contributed by atoms with E-state index in [2.05, 4.69) is 112 Å². The number of esters is 3. The van der Waals surface area contributed by atoms with Gasteiger partial charge < -0.3 is 14.2 Å². The molecule has 1 unspecified atom stereocenters. The maximum Gasteiger partial charge on any atom is 0.306 e. The van der Waals surface area contributed by atoms with Gasteiger partial charge in [-0.05, 0) is 83.5 Å². The van der Waals surface area contributed by atoms with Crippen molar-refractivity contribution < 1.29 is 28.6 Å². The van der Waals surface area contributed by atoms with Gasteiger partial charge in [0.1, 0.15) is 13.2 Å². The molecular weight excluding hydrogens is 949 g/mol. The van der Waals surface area contributed by atoms with Gasteiger partial charge in [0.2, 0.25) is 0 Å². The molecule has 6 heteroatoms. The van der Waals surface area contributed by atoms with Crippen molar-refractivity contribution in [3.63, 3.8) is 0 Å². The van der Waals surface area contributed by atoms with Crippen molar-refractivity contribution >= 4 is 17.9 Å². The van der Waals surface area contributed by atoms with Crippen molar-refractivity contribution in [2.45, 2.75) is 322 Å². The second-order valence-corrected chi connectivity index (χ2v) is 21.6. The molecule has 0 aliphatic carbocycles. The van der Waals surface area contributed by atoms with Gasteiger partial charge in [-0.25, -0.2) is 0 Å². The molecule has 0 bridgehead atoms. The van der Waals surface area contributed by atoms with Crippen LogP contribution < -0.4 is 0 Å². The van der Waals surface area contributed by atoms with Crippen LogP contribution in [0.5, 0.6) is 0 Å². The summed E-state index contributed by atoms with van der Waals surface area (Å²) in [7, 11) is 0. The number of hydrogen-bond donors (Lipinski definition) is 0. The second-order valence-electron chi connectivity index (χ2n) is 21.6. The van der Waals surface area contributed by atoms with Gasteiger partial charge in [-0.15, -0.1) is 0 Å². The molecule has 0 spiro atoms. The van der Waals surface area contributed by atoms with E-state index in [1.807, 2.05) is 6.08 Å². The molecule has 0 aromatic rings. The lowest BCUT2D eigenvalue weighted by molar-refractivity contribution is -0.166. The molecule has 442 valence electrons. The molecule has 0 amide bonds. The fraction of sp³-hybridized carbons (Fsp3) is 0.732. The second kappa shape index (κ2) is 64.9. The normalized spacial score (nSPS) is 12.7. The summed E-state index contributed by atoms with van der Waals surface area (Å²) >= 11 is 0. The molecule has 0 radical (unpaired) electrons. The fourth-order valence-corrected chi connectivity index (χ4v) is 9.22. The molecule has 0 aromatic heterocycles. The first-order valence-corrected chi connectivity index (χ1v) is 32.7. The molecule has 0 heterocycles. The third-order valence-electron chi connectivity index (χ3n) is 14.1. The van der Waals surface area contributed by atoms with Crippen LogP contribution in [0.2, 0.25) is 0 Å². The topological polar surface area (TPSA) is 78.9 Å². The number of rotatable bonds is 59. The van der Waals surface area contributed by atoms with Crippen LogP contribution in [0.15, 0.2) is 97.2 Å². The predicted octanol–water partition coefficient (Wildman–Crippen LogP) is 22.4. The minimum atomic E-state index is -0.824. The number of allylic oxidation sites excluding steroid dienone is 16. The van der Waals surface area contributed by atoms with Gasteiger partial charge in [-0.2, -0.15) is 0 Å². The van der Waals surface area contributed by atoms with E-state index in [1.54, 1.807) is 0 Å². The molecule has 0 N–H and O–H groups in total. The van der Waals surface area contributed by atoms with E-state index in [1.165, 1.54) is 161 Å². The Balaban J connectivity index is 4.33. The molecule has 0 saturated heterocycles. The van der Waals surface area contributed by atoms with Crippen LogP contribution in [-0.2, 0) is 28.6 Å². The van der Waals surface area contributed by atoms with Gasteiger partial charge in [0.25, 0.3) is 0 Å². The Hall–Kier alpha value is -3.67. The van der Waals surface area contributed by atoms with Gasteiger partial charge in [0.15, 0.2) is 6.10 Å². The van der Waals surface area contributed by atoms with Gasteiger partial charge in [0.05, 0.1) is 0 Å². The van der Waals surface area contributed by atoms with E-state index in [0.29, 0.717) is 19.3 Å². The summed E-state index contributed by atoms with van der Waals surface area (Å²) in [5, 5.41) is 0. The van der Waals surface area contributed by atoms with E-state index >= 15 is 0 Å². The lowest BCUT2D eigenvalue weighted by Crippen LogP contribution is -2.30. The van der Waals surface area contributed by atoms with Gasteiger partial charge in [-0.1, -0.05) is 311 Å². The first-order chi connectivity index (χ1) is 38.0. The Labute approximate surface area is 477 Å². The average Bonchev–Trinajstić information content (AvgIpc) is 3.43. The molecule has 0 saturated carbocycles. The summed E-state index contributed by atoms with van der Waals surface area (Å²) in [6, 6.07) is 0. The van der Waals surface area contributed by atoms with Crippen LogP contribution in [0.25, 0.3) is 0 Å². The summed E-state index contributed by atoms with van der Waals surface area (Å²) in [5.74, 6) is -1.00. The third-order valence-corrected chi connectivity index (χ3v) is 14.1. The summed E-state index contributed by atoms with van der Waals surface area (Å²) in [6.07, 6.45) is 87.3. The first-order valence-electron chi connectivity index (χ1n) is 32.7. The molecular formula is C71H122O6. The van der Waals surface area contributed by atoms with Gasteiger partial charge in [0, 0.05) is 19.3 Å². The molecule has 77 heavy (non-hydrogen) atoms. The number of carbonyl (C=O) groups excluding carboxylic acids is 3. The maximum atomic E-state index is 12.9. The summed E-state index contributed by atoms with van der Waals surface area (Å²) < 4.78 is 16.8. The molecule has 6 nitrogen and oxygen atoms in total. The SMILES string of the molecule is CC/C=C\C/C=C\C/C=C\C/C=C\C/C=C\C/C=C\CCC(=O)OC(COC(=O)CCCCCCC/C=C\C/C=C\CCC)COC(=O)CCCCCCCCCCCCCCCCCCCCCCCCCCCCC. The fourth-order valence-electron chi connectivity index (χ4n) is 9.22. The zero-order valence-electron chi connectivity index (χ0n) is 50.7. The average molecular weight is 1070 g/mol. The van der Waals surface area contributed by atoms with E-state index < -0.39 is 12.1 Å². The molecule has 0 aliphatic heterocycles. The first kappa shape index (κ1) is 73.3. The highest BCUT2D eigenvalue weighted by Crippen LogP contribution is 2.17. The van der Waals surface area contributed by atoms with Crippen LogP contribution in [0, 0.1) is 0 Å². The molecule has 0 fully saturated rings. The van der Waals surface area contributed by atoms with Crippen molar-refractivity contribution in [2.24, 2.45) is 0 Å². The Kier molecular flexibility index (Phi) is 61.8. The highest BCUT2D eigenvalue weighted by atomic mass is 16.6. The standard InChI is InChI=1S/C71H122O6/c1-4-7-10-13-16-19-22-25-27-29-31-32-33-34-35-36-37-38-40-41-43-46-49-52-55-58-61-64-70(73)76-67-68(66-75-69(72)63-60-57-54-51-48-45-24-21-18-15-12-9-6-3)77-71(74)65-62-59-56-53-50-47-44-42-39-30-28-26-23-20-17-14-11-8-5-2/h8,11-12,15,17,20-21,24,26,28,39,42,47,50,56,59,68H,4-7,9-10,13-14,16,18-19,22-23,25,27,29-38,40-41,43-46,48-49,51-55,57-58,60-67H2,1-3H3/b11-8-,15-12-,20-17-,24-21-,28-26-,42-39-,50-47-,59-56-.